The van der Waals surface area contributed by atoms with E-state index in [0.29, 0.717) is 12.8 Å². The number of amidine groups is 1. The molecule has 4 N–H and O–H groups in total. The molecular formula is C26H31N3O9S. The summed E-state index contributed by atoms with van der Waals surface area (Å²) in [6.45, 7) is 0.381. The Morgan fingerprint density at radius 3 is 2.36 bits per heavy atom. The van der Waals surface area contributed by atoms with Crippen LogP contribution >= 0.6 is 0 Å². The van der Waals surface area contributed by atoms with Crippen LogP contribution in [-0.4, -0.2) is 57.8 Å². The third-order valence-corrected chi connectivity index (χ3v) is 6.86. The molecule has 1 aliphatic rings. The molecule has 0 bridgehead atoms. The standard InChI is InChI=1S/C26H31N3O9S/c1-35-23(30)20-14-19(22(27)28)8-9-21(20)37-24(31)26(38-39(2,33)34)12-10-17(11-13-26)15-29-25(32)36-16-18-6-4-3-5-7-18/h3-9,14,17H,10-13,15-16H2,1-2H3,(H3,27,28)(H,29,32). The Morgan fingerprint density at radius 2 is 1.77 bits per heavy atom. The number of hydrogen-bond donors (Lipinski definition) is 3. The molecule has 1 fully saturated rings. The summed E-state index contributed by atoms with van der Waals surface area (Å²) >= 11 is 0. The van der Waals surface area contributed by atoms with Crippen LogP contribution in [0.3, 0.4) is 0 Å². The molecule has 0 heterocycles. The minimum atomic E-state index is -4.07. The van der Waals surface area contributed by atoms with Gasteiger partial charge in [-0.15, -0.1) is 0 Å². The van der Waals surface area contributed by atoms with Crippen LogP contribution in [0.1, 0.15) is 47.2 Å². The van der Waals surface area contributed by atoms with Crippen LogP contribution in [0.25, 0.3) is 0 Å². The lowest BCUT2D eigenvalue weighted by Gasteiger charge is -2.36. The Kier molecular flexibility index (Phi) is 9.65. The van der Waals surface area contributed by atoms with E-state index in [9.17, 15) is 22.8 Å². The smallest absolute Gasteiger partial charge is 0.407 e. The third-order valence-electron chi connectivity index (χ3n) is 6.24. The highest BCUT2D eigenvalue weighted by Crippen LogP contribution is 2.38. The molecule has 0 spiro atoms. The zero-order valence-corrected chi connectivity index (χ0v) is 22.4. The van der Waals surface area contributed by atoms with Crippen molar-refractivity contribution in [2.45, 2.75) is 37.9 Å². The monoisotopic (exact) mass is 561 g/mol. The van der Waals surface area contributed by atoms with Crippen LogP contribution in [0.2, 0.25) is 0 Å². The van der Waals surface area contributed by atoms with Crippen molar-refractivity contribution in [1.82, 2.24) is 5.32 Å². The normalized spacial score (nSPS) is 19.0. The number of nitrogen functional groups attached to an aromatic ring is 1. The maximum absolute atomic E-state index is 13.3. The second kappa shape index (κ2) is 12.7. The predicted octanol–water partition coefficient (Wildman–Crippen LogP) is 2.49. The molecule has 12 nitrogen and oxygen atoms in total. The Bertz CT molecular complexity index is 1320. The van der Waals surface area contributed by atoms with E-state index in [-0.39, 0.29) is 54.6 Å². The SMILES string of the molecule is COC(=O)c1cc(C(=N)N)ccc1OC(=O)C1(OS(C)(=O)=O)CCC(CNC(=O)OCc2ccccc2)CC1. The van der Waals surface area contributed by atoms with Gasteiger partial charge in [0.15, 0.2) is 5.60 Å². The fourth-order valence-corrected chi connectivity index (χ4v) is 5.02. The summed E-state index contributed by atoms with van der Waals surface area (Å²) in [5.74, 6) is -2.42. The van der Waals surface area contributed by atoms with E-state index in [4.69, 9.17) is 29.5 Å². The minimum absolute atomic E-state index is 0.0105. The first-order valence-corrected chi connectivity index (χ1v) is 13.9. The quantitative estimate of drug-likeness (QED) is 0.128. The Morgan fingerprint density at radius 1 is 1.10 bits per heavy atom. The molecule has 0 radical (unpaired) electrons. The van der Waals surface area contributed by atoms with Crippen molar-refractivity contribution < 1.29 is 41.2 Å². The third kappa shape index (κ3) is 8.26. The van der Waals surface area contributed by atoms with Gasteiger partial charge in [0.05, 0.1) is 13.4 Å². The first kappa shape index (κ1) is 29.6. The van der Waals surface area contributed by atoms with Crippen molar-refractivity contribution in [2.24, 2.45) is 11.7 Å². The fraction of sp³-hybridized carbons (Fsp3) is 0.385. The maximum Gasteiger partial charge on any atom is 0.407 e. The van der Waals surface area contributed by atoms with Crippen LogP contribution in [0, 0.1) is 11.3 Å². The lowest BCUT2D eigenvalue weighted by molar-refractivity contribution is -0.155. The summed E-state index contributed by atoms with van der Waals surface area (Å²) in [5, 5.41) is 10.3. The number of nitrogens with one attached hydrogen (secondary N) is 2. The number of hydrogen-bond acceptors (Lipinski definition) is 10. The van der Waals surface area contributed by atoms with Crippen molar-refractivity contribution in [2.75, 3.05) is 19.9 Å². The average molecular weight is 562 g/mol. The molecule has 0 saturated heterocycles. The molecule has 1 saturated carbocycles. The zero-order chi connectivity index (χ0) is 28.6. The maximum atomic E-state index is 13.3. The number of amides is 1. The number of rotatable bonds is 10. The number of nitrogens with two attached hydrogens (primary N) is 1. The van der Waals surface area contributed by atoms with Crippen molar-refractivity contribution >= 4 is 34.0 Å². The van der Waals surface area contributed by atoms with Crippen LogP contribution in [0.15, 0.2) is 48.5 Å². The second-order valence-corrected chi connectivity index (χ2v) is 10.7. The van der Waals surface area contributed by atoms with E-state index in [2.05, 4.69) is 5.32 Å². The summed E-state index contributed by atoms with van der Waals surface area (Å²) in [7, 11) is -2.94. The summed E-state index contributed by atoms with van der Waals surface area (Å²) in [5.41, 5.74) is 4.54. The van der Waals surface area contributed by atoms with Crippen LogP contribution in [0.4, 0.5) is 4.79 Å². The summed E-state index contributed by atoms with van der Waals surface area (Å²) < 4.78 is 44.8. The van der Waals surface area contributed by atoms with Crippen LogP contribution in [-0.2, 0) is 35.2 Å². The highest BCUT2D eigenvalue weighted by atomic mass is 32.2. The Balaban J connectivity index is 1.67. The molecule has 13 heteroatoms. The molecule has 1 aliphatic carbocycles. The second-order valence-electron chi connectivity index (χ2n) is 9.17. The molecule has 0 aromatic heterocycles. The van der Waals surface area contributed by atoms with Gasteiger partial charge in [0.25, 0.3) is 10.1 Å². The number of carbonyl (C=O) groups excluding carboxylic acids is 3. The molecule has 2 aromatic carbocycles. The van der Waals surface area contributed by atoms with Gasteiger partial charge in [-0.2, -0.15) is 8.42 Å². The molecule has 0 atom stereocenters. The zero-order valence-electron chi connectivity index (χ0n) is 21.6. The van der Waals surface area contributed by atoms with Gasteiger partial charge in [-0.1, -0.05) is 30.3 Å². The van der Waals surface area contributed by atoms with Gasteiger partial charge in [0.2, 0.25) is 0 Å². The molecule has 1 amide bonds. The van der Waals surface area contributed by atoms with Gasteiger partial charge in [-0.25, -0.2) is 14.4 Å². The van der Waals surface area contributed by atoms with Crippen molar-refractivity contribution in [3.05, 3.63) is 65.2 Å². The van der Waals surface area contributed by atoms with Crippen molar-refractivity contribution in [3.63, 3.8) is 0 Å². The van der Waals surface area contributed by atoms with Gasteiger partial charge in [0, 0.05) is 12.1 Å². The Hall–Kier alpha value is -3.97. The van der Waals surface area contributed by atoms with E-state index in [0.717, 1.165) is 18.9 Å². The Labute approximate surface area is 226 Å². The first-order chi connectivity index (χ1) is 18.4. The molecule has 0 aliphatic heterocycles. The van der Waals surface area contributed by atoms with E-state index in [1.54, 1.807) is 0 Å². The highest BCUT2D eigenvalue weighted by Gasteiger charge is 2.48. The van der Waals surface area contributed by atoms with Gasteiger partial charge >= 0.3 is 18.0 Å². The predicted molar refractivity (Wildman–Crippen MR) is 140 cm³/mol. The van der Waals surface area contributed by atoms with E-state index >= 15 is 0 Å². The number of methoxy groups -OCH3 is 1. The number of benzene rings is 2. The molecule has 210 valence electrons. The molecular weight excluding hydrogens is 530 g/mol. The fourth-order valence-electron chi connectivity index (χ4n) is 4.21. The lowest BCUT2D eigenvalue weighted by Crippen LogP contribution is -2.49. The van der Waals surface area contributed by atoms with Gasteiger partial charge in [0.1, 0.15) is 23.8 Å². The van der Waals surface area contributed by atoms with E-state index in [1.165, 1.54) is 18.2 Å². The summed E-state index contributed by atoms with van der Waals surface area (Å²) in [6, 6.07) is 13.1. The molecule has 2 aromatic rings. The molecule has 3 rings (SSSR count). The molecule has 39 heavy (non-hydrogen) atoms. The van der Waals surface area contributed by atoms with E-state index < -0.39 is 33.8 Å². The summed E-state index contributed by atoms with van der Waals surface area (Å²) in [6.07, 6.45) is 0.909. The molecule has 0 unspecified atom stereocenters. The number of ether oxygens (including phenoxy) is 3. The topological polar surface area (TPSA) is 184 Å². The van der Waals surface area contributed by atoms with Crippen molar-refractivity contribution in [3.8, 4) is 5.75 Å². The van der Waals surface area contributed by atoms with Crippen LogP contribution < -0.4 is 15.8 Å². The van der Waals surface area contributed by atoms with Gasteiger partial charge < -0.3 is 25.3 Å². The highest BCUT2D eigenvalue weighted by molar-refractivity contribution is 7.86. The largest absolute Gasteiger partial charge is 0.465 e. The number of carbonyl (C=O) groups is 3. The number of esters is 2. The van der Waals surface area contributed by atoms with Gasteiger partial charge in [-0.3, -0.25) is 9.59 Å². The van der Waals surface area contributed by atoms with Crippen molar-refractivity contribution in [1.29, 1.82) is 5.41 Å². The van der Waals surface area contributed by atoms with Crippen LogP contribution in [0.5, 0.6) is 5.75 Å². The van der Waals surface area contributed by atoms with Gasteiger partial charge in [-0.05, 0) is 55.4 Å². The first-order valence-electron chi connectivity index (χ1n) is 12.1. The summed E-state index contributed by atoms with van der Waals surface area (Å²) in [4.78, 5) is 37.7. The lowest BCUT2D eigenvalue weighted by atomic mass is 9.79. The number of alkyl carbamates (subject to hydrolysis) is 1. The minimum Gasteiger partial charge on any atom is -0.465 e. The average Bonchev–Trinajstić information content (AvgIpc) is 2.90. The van der Waals surface area contributed by atoms with E-state index in [1.807, 2.05) is 30.3 Å².